The Kier molecular flexibility index (Phi) is 4.08. The summed E-state index contributed by atoms with van der Waals surface area (Å²) < 4.78 is 38.9. The molecule has 5 nitrogen and oxygen atoms in total. The average molecular weight is 304 g/mol. The van der Waals surface area contributed by atoms with Gasteiger partial charge in [0.05, 0.1) is 17.6 Å². The summed E-state index contributed by atoms with van der Waals surface area (Å²) in [6.07, 6.45) is -4.04. The van der Waals surface area contributed by atoms with Crippen LogP contribution in [0.25, 0.3) is 0 Å². The number of nitro benzene ring substituents is 1. The Labute approximate surface area is 119 Å². The second-order valence-electron chi connectivity index (χ2n) is 5.17. The zero-order valence-electron chi connectivity index (χ0n) is 11.3. The number of benzene rings is 1. The molecule has 0 amide bonds. The predicted octanol–water partition coefficient (Wildman–Crippen LogP) is 2.82. The number of aliphatic hydroxyl groups is 1. The van der Waals surface area contributed by atoms with Crippen LogP contribution in [0.5, 0.6) is 0 Å². The number of rotatable bonds is 3. The van der Waals surface area contributed by atoms with E-state index in [2.05, 4.69) is 0 Å². The van der Waals surface area contributed by atoms with Crippen molar-refractivity contribution in [2.24, 2.45) is 5.92 Å². The molecule has 0 aromatic heterocycles. The summed E-state index contributed by atoms with van der Waals surface area (Å²) in [4.78, 5) is 11.4. The van der Waals surface area contributed by atoms with Gasteiger partial charge in [-0.3, -0.25) is 10.1 Å². The van der Waals surface area contributed by atoms with E-state index >= 15 is 0 Å². The number of nitro groups is 1. The first kappa shape index (κ1) is 15.6. The largest absolute Gasteiger partial charge is 0.423 e. The lowest BCUT2D eigenvalue weighted by Crippen LogP contribution is -2.35. The average Bonchev–Trinajstić information content (AvgIpc) is 2.78. The Bertz CT molecular complexity index is 548. The molecule has 1 aliphatic heterocycles. The van der Waals surface area contributed by atoms with E-state index in [1.54, 1.807) is 4.90 Å². The first-order valence-electron chi connectivity index (χ1n) is 6.49. The van der Waals surface area contributed by atoms with Crippen LogP contribution in [0.15, 0.2) is 18.2 Å². The molecule has 0 bridgehead atoms. The molecule has 1 aliphatic rings. The summed E-state index contributed by atoms with van der Waals surface area (Å²) >= 11 is 0. The van der Waals surface area contributed by atoms with Crippen LogP contribution in [0, 0.1) is 16.0 Å². The summed E-state index contributed by atoms with van der Waals surface area (Å²) in [5.74, 6) is 0.152. The zero-order chi connectivity index (χ0) is 15.8. The topological polar surface area (TPSA) is 66.6 Å². The van der Waals surface area contributed by atoms with E-state index in [1.165, 1.54) is 6.07 Å². The standard InChI is InChI=1S/C13H15F3N2O3/c1-8-4-5-17(12(8)7-19)9-2-3-11(18(20)21)10(6-9)13(14,15)16/h2-3,6,8,12,19H,4-5,7H2,1H3. The molecule has 1 saturated heterocycles. The highest BCUT2D eigenvalue weighted by Crippen LogP contribution is 2.40. The van der Waals surface area contributed by atoms with Gasteiger partial charge >= 0.3 is 6.18 Å². The fourth-order valence-corrected chi connectivity index (χ4v) is 2.70. The summed E-state index contributed by atoms with van der Waals surface area (Å²) in [5.41, 5.74) is -1.98. The summed E-state index contributed by atoms with van der Waals surface area (Å²) in [7, 11) is 0. The molecule has 2 rings (SSSR count). The van der Waals surface area contributed by atoms with E-state index in [0.717, 1.165) is 18.6 Å². The van der Waals surface area contributed by atoms with Crippen LogP contribution in [0.4, 0.5) is 24.5 Å². The lowest BCUT2D eigenvalue weighted by molar-refractivity contribution is -0.388. The lowest BCUT2D eigenvalue weighted by Gasteiger charge is -2.27. The minimum atomic E-state index is -4.79. The van der Waals surface area contributed by atoms with Gasteiger partial charge in [-0.15, -0.1) is 0 Å². The summed E-state index contributed by atoms with van der Waals surface area (Å²) in [6, 6.07) is 2.69. The highest BCUT2D eigenvalue weighted by Gasteiger charge is 2.40. The van der Waals surface area contributed by atoms with Gasteiger partial charge < -0.3 is 10.0 Å². The van der Waals surface area contributed by atoms with Gasteiger partial charge in [0.15, 0.2) is 0 Å². The third-order valence-corrected chi connectivity index (χ3v) is 3.88. The van der Waals surface area contributed by atoms with Crippen molar-refractivity contribution < 1.29 is 23.2 Å². The maximum absolute atomic E-state index is 13.0. The van der Waals surface area contributed by atoms with Crippen LogP contribution in [0.3, 0.4) is 0 Å². The van der Waals surface area contributed by atoms with Gasteiger partial charge in [0.1, 0.15) is 5.56 Å². The molecule has 1 fully saturated rings. The van der Waals surface area contributed by atoms with Gasteiger partial charge in [-0.05, 0) is 24.5 Å². The van der Waals surface area contributed by atoms with E-state index in [-0.39, 0.29) is 24.3 Å². The molecular weight excluding hydrogens is 289 g/mol. The summed E-state index contributed by atoms with van der Waals surface area (Å²) in [6.45, 7) is 2.26. The van der Waals surface area contributed by atoms with E-state index in [0.29, 0.717) is 6.54 Å². The first-order valence-corrected chi connectivity index (χ1v) is 6.49. The smallest absolute Gasteiger partial charge is 0.394 e. The maximum atomic E-state index is 13.0. The van der Waals surface area contributed by atoms with Gasteiger partial charge in [0.2, 0.25) is 0 Å². The Balaban J connectivity index is 2.45. The molecule has 0 saturated carbocycles. The second kappa shape index (κ2) is 5.51. The molecule has 116 valence electrons. The molecule has 21 heavy (non-hydrogen) atoms. The molecule has 1 N–H and O–H groups in total. The van der Waals surface area contributed by atoms with Crippen molar-refractivity contribution in [3.05, 3.63) is 33.9 Å². The van der Waals surface area contributed by atoms with Gasteiger partial charge in [0, 0.05) is 18.3 Å². The van der Waals surface area contributed by atoms with Gasteiger partial charge in [0.25, 0.3) is 5.69 Å². The number of aliphatic hydroxyl groups excluding tert-OH is 1. The van der Waals surface area contributed by atoms with Crippen molar-refractivity contribution in [3.8, 4) is 0 Å². The predicted molar refractivity (Wildman–Crippen MR) is 70.1 cm³/mol. The van der Waals surface area contributed by atoms with Crippen LogP contribution >= 0.6 is 0 Å². The molecular formula is C13H15F3N2O3. The molecule has 0 spiro atoms. The fourth-order valence-electron chi connectivity index (χ4n) is 2.70. The molecule has 1 aromatic carbocycles. The molecule has 1 heterocycles. The van der Waals surface area contributed by atoms with Crippen LogP contribution in [-0.2, 0) is 6.18 Å². The molecule has 8 heteroatoms. The fraction of sp³-hybridized carbons (Fsp3) is 0.538. The minimum Gasteiger partial charge on any atom is -0.394 e. The van der Waals surface area contributed by atoms with Crippen LogP contribution in [-0.4, -0.2) is 29.2 Å². The number of hydrogen-bond donors (Lipinski definition) is 1. The molecule has 2 atom stereocenters. The zero-order valence-corrected chi connectivity index (χ0v) is 11.3. The number of halogens is 3. The third kappa shape index (κ3) is 2.94. The number of hydrogen-bond acceptors (Lipinski definition) is 4. The van der Waals surface area contributed by atoms with E-state index in [1.807, 2.05) is 6.92 Å². The summed E-state index contributed by atoms with van der Waals surface area (Å²) in [5, 5.41) is 20.1. The lowest BCUT2D eigenvalue weighted by atomic mass is 10.0. The van der Waals surface area contributed by atoms with Crippen LogP contribution < -0.4 is 4.90 Å². The van der Waals surface area contributed by atoms with Crippen molar-refractivity contribution in [2.45, 2.75) is 25.6 Å². The highest BCUT2D eigenvalue weighted by molar-refractivity contribution is 5.58. The van der Waals surface area contributed by atoms with Crippen LogP contribution in [0.1, 0.15) is 18.9 Å². The number of alkyl halides is 3. The van der Waals surface area contributed by atoms with Crippen molar-refractivity contribution in [3.63, 3.8) is 0 Å². The molecule has 1 aromatic rings. The Morgan fingerprint density at radius 2 is 2.14 bits per heavy atom. The monoisotopic (exact) mass is 304 g/mol. The normalized spacial score (nSPS) is 22.6. The quantitative estimate of drug-likeness (QED) is 0.689. The van der Waals surface area contributed by atoms with Crippen molar-refractivity contribution in [2.75, 3.05) is 18.1 Å². The van der Waals surface area contributed by atoms with Crippen molar-refractivity contribution >= 4 is 11.4 Å². The van der Waals surface area contributed by atoms with E-state index in [9.17, 15) is 28.4 Å². The Morgan fingerprint density at radius 1 is 1.48 bits per heavy atom. The Hall–Kier alpha value is -1.83. The molecule has 0 aliphatic carbocycles. The van der Waals surface area contributed by atoms with Gasteiger partial charge in [-0.1, -0.05) is 6.92 Å². The van der Waals surface area contributed by atoms with Crippen LogP contribution in [0.2, 0.25) is 0 Å². The van der Waals surface area contributed by atoms with Gasteiger partial charge in [-0.25, -0.2) is 0 Å². The number of anilines is 1. The van der Waals surface area contributed by atoms with Crippen molar-refractivity contribution in [1.82, 2.24) is 0 Å². The van der Waals surface area contributed by atoms with E-state index in [4.69, 9.17) is 0 Å². The second-order valence-corrected chi connectivity index (χ2v) is 5.17. The SMILES string of the molecule is CC1CCN(c2ccc([N+](=O)[O-])c(C(F)(F)F)c2)C1CO. The molecule has 0 radical (unpaired) electrons. The number of nitrogens with zero attached hydrogens (tertiary/aromatic N) is 2. The third-order valence-electron chi connectivity index (χ3n) is 3.88. The van der Waals surface area contributed by atoms with Crippen molar-refractivity contribution in [1.29, 1.82) is 0 Å². The highest BCUT2D eigenvalue weighted by atomic mass is 19.4. The van der Waals surface area contributed by atoms with Gasteiger partial charge in [-0.2, -0.15) is 13.2 Å². The minimum absolute atomic E-state index is 0.152. The molecule has 2 unspecified atom stereocenters. The van der Waals surface area contributed by atoms with E-state index < -0.39 is 22.4 Å². The Morgan fingerprint density at radius 3 is 2.67 bits per heavy atom. The first-order chi connectivity index (χ1) is 9.75. The maximum Gasteiger partial charge on any atom is 0.423 e.